The highest BCUT2D eigenvalue weighted by Crippen LogP contribution is 2.27. The van der Waals surface area contributed by atoms with Gasteiger partial charge >= 0.3 is 0 Å². The van der Waals surface area contributed by atoms with Crippen LogP contribution in [0.25, 0.3) is 0 Å². The van der Waals surface area contributed by atoms with Crippen molar-refractivity contribution in [1.82, 2.24) is 4.90 Å². The van der Waals surface area contributed by atoms with Crippen molar-refractivity contribution in [3.8, 4) is 0 Å². The third-order valence-corrected chi connectivity index (χ3v) is 4.81. The minimum atomic E-state index is 0.190. The molecule has 0 radical (unpaired) electrons. The van der Waals surface area contributed by atoms with Crippen molar-refractivity contribution in [3.05, 3.63) is 34.3 Å². The van der Waals surface area contributed by atoms with Crippen LogP contribution < -0.4 is 0 Å². The lowest BCUT2D eigenvalue weighted by Crippen LogP contribution is -2.33. The van der Waals surface area contributed by atoms with Crippen molar-refractivity contribution < 1.29 is 4.79 Å². The molecular formula is C13H16BrNOS. The smallest absolute Gasteiger partial charge is 0.235 e. The Morgan fingerprint density at radius 3 is 2.76 bits per heavy atom. The molecule has 1 unspecified atom stereocenters. The Labute approximate surface area is 115 Å². The first-order valence-electron chi connectivity index (χ1n) is 5.78. The van der Waals surface area contributed by atoms with Crippen LogP contribution in [-0.2, 0) is 11.3 Å². The molecule has 0 N–H and O–H groups in total. The van der Waals surface area contributed by atoms with Gasteiger partial charge in [0.1, 0.15) is 0 Å². The van der Waals surface area contributed by atoms with Crippen LogP contribution in [0, 0.1) is 0 Å². The summed E-state index contributed by atoms with van der Waals surface area (Å²) < 4.78 is 1.07. The number of carbonyl (C=O) groups excluding carboxylic acids is 1. The molecule has 1 amide bonds. The second-order valence-corrected chi connectivity index (χ2v) is 6.55. The first kappa shape index (κ1) is 13.0. The summed E-state index contributed by atoms with van der Waals surface area (Å²) >= 11 is 5.20. The van der Waals surface area contributed by atoms with Crippen molar-refractivity contribution in [1.29, 1.82) is 0 Å². The lowest BCUT2D eigenvalue weighted by atomic mass is 10.2. The maximum atomic E-state index is 12.1. The highest BCUT2D eigenvalue weighted by Gasteiger charge is 2.25. The zero-order valence-electron chi connectivity index (χ0n) is 9.86. The predicted octanol–water partition coefficient (Wildman–Crippen LogP) is 3.30. The molecule has 1 aromatic rings. The Morgan fingerprint density at radius 2 is 2.18 bits per heavy atom. The van der Waals surface area contributed by atoms with E-state index in [1.54, 1.807) is 11.8 Å². The van der Waals surface area contributed by atoms with Crippen molar-refractivity contribution in [2.45, 2.75) is 24.6 Å². The van der Waals surface area contributed by atoms with Crippen LogP contribution in [-0.4, -0.2) is 28.9 Å². The molecule has 0 spiro atoms. The molecule has 0 aliphatic carbocycles. The lowest BCUT2D eigenvalue weighted by Gasteiger charge is -2.20. The molecule has 1 atom stereocenters. The molecule has 0 saturated carbocycles. The predicted molar refractivity (Wildman–Crippen MR) is 76.1 cm³/mol. The van der Waals surface area contributed by atoms with Gasteiger partial charge < -0.3 is 4.90 Å². The van der Waals surface area contributed by atoms with Crippen LogP contribution >= 0.6 is 27.7 Å². The summed E-state index contributed by atoms with van der Waals surface area (Å²) in [4.78, 5) is 14.0. The molecule has 17 heavy (non-hydrogen) atoms. The molecule has 1 saturated heterocycles. The molecule has 1 aliphatic heterocycles. The molecular weight excluding hydrogens is 298 g/mol. The van der Waals surface area contributed by atoms with Crippen LogP contribution in [0.3, 0.4) is 0 Å². The van der Waals surface area contributed by atoms with Gasteiger partial charge in [-0.3, -0.25) is 4.79 Å². The molecule has 1 aromatic carbocycles. The third-order valence-electron chi connectivity index (χ3n) is 2.91. The zero-order valence-corrected chi connectivity index (χ0v) is 12.3. The average Bonchev–Trinajstić information content (AvgIpc) is 2.84. The van der Waals surface area contributed by atoms with Crippen molar-refractivity contribution in [2.24, 2.45) is 0 Å². The minimum Gasteiger partial charge on any atom is -0.340 e. The number of halogens is 1. The Hall–Kier alpha value is -0.480. The molecule has 0 bridgehead atoms. The van der Waals surface area contributed by atoms with Crippen LogP contribution in [0.4, 0.5) is 0 Å². The molecule has 0 aromatic heterocycles. The molecule has 1 fully saturated rings. The normalized spacial score (nSPS) is 19.3. The standard InChI is InChI=1S/C13H16BrNOS/c1-15(13(16)12-3-2-8-17-12)9-10-4-6-11(14)7-5-10/h4-7,12H,2-3,8-9H2,1H3. The maximum Gasteiger partial charge on any atom is 0.235 e. The van der Waals surface area contributed by atoms with Gasteiger partial charge in [-0.1, -0.05) is 28.1 Å². The molecule has 1 heterocycles. The van der Waals surface area contributed by atoms with Gasteiger partial charge in [0.25, 0.3) is 0 Å². The fraction of sp³-hybridized carbons (Fsp3) is 0.462. The number of nitrogens with zero attached hydrogens (tertiary/aromatic N) is 1. The fourth-order valence-electron chi connectivity index (χ4n) is 1.96. The minimum absolute atomic E-state index is 0.190. The number of rotatable bonds is 3. The van der Waals surface area contributed by atoms with Gasteiger partial charge in [-0.2, -0.15) is 0 Å². The van der Waals surface area contributed by atoms with E-state index in [4.69, 9.17) is 0 Å². The van der Waals surface area contributed by atoms with E-state index in [9.17, 15) is 4.79 Å². The average molecular weight is 314 g/mol. The molecule has 2 nitrogen and oxygen atoms in total. The molecule has 92 valence electrons. The van der Waals surface area contributed by atoms with Gasteiger partial charge in [0, 0.05) is 18.1 Å². The van der Waals surface area contributed by atoms with Crippen LogP contribution in [0.1, 0.15) is 18.4 Å². The van der Waals surface area contributed by atoms with Gasteiger partial charge in [-0.15, -0.1) is 11.8 Å². The van der Waals surface area contributed by atoms with Gasteiger partial charge in [-0.25, -0.2) is 0 Å². The SMILES string of the molecule is CN(Cc1ccc(Br)cc1)C(=O)C1CCCS1. The lowest BCUT2D eigenvalue weighted by molar-refractivity contribution is -0.129. The number of amides is 1. The second kappa shape index (κ2) is 5.91. The Morgan fingerprint density at radius 1 is 1.47 bits per heavy atom. The molecule has 2 rings (SSSR count). The highest BCUT2D eigenvalue weighted by atomic mass is 79.9. The third kappa shape index (κ3) is 3.49. The number of hydrogen-bond donors (Lipinski definition) is 0. The first-order chi connectivity index (χ1) is 8.16. The molecule has 4 heteroatoms. The van der Waals surface area contributed by atoms with Gasteiger partial charge in [0.15, 0.2) is 0 Å². The van der Waals surface area contributed by atoms with Crippen molar-refractivity contribution in [3.63, 3.8) is 0 Å². The summed E-state index contributed by atoms with van der Waals surface area (Å²) in [5.74, 6) is 1.40. The Kier molecular flexibility index (Phi) is 4.51. The number of hydrogen-bond acceptors (Lipinski definition) is 2. The fourth-order valence-corrected chi connectivity index (χ4v) is 3.50. The zero-order chi connectivity index (χ0) is 12.3. The van der Waals surface area contributed by atoms with E-state index in [2.05, 4.69) is 28.1 Å². The van der Waals surface area contributed by atoms with Crippen LogP contribution in [0.2, 0.25) is 0 Å². The van der Waals surface area contributed by atoms with Gasteiger partial charge in [-0.05, 0) is 36.3 Å². The number of thioether (sulfide) groups is 1. The maximum absolute atomic E-state index is 12.1. The number of benzene rings is 1. The summed E-state index contributed by atoms with van der Waals surface area (Å²) in [7, 11) is 1.89. The first-order valence-corrected chi connectivity index (χ1v) is 7.62. The second-order valence-electron chi connectivity index (χ2n) is 4.32. The highest BCUT2D eigenvalue weighted by molar-refractivity contribution is 9.10. The van der Waals surface area contributed by atoms with E-state index in [-0.39, 0.29) is 11.2 Å². The molecule has 1 aliphatic rings. The van der Waals surface area contributed by atoms with E-state index >= 15 is 0 Å². The summed E-state index contributed by atoms with van der Waals surface area (Å²) in [5, 5.41) is 0.190. The summed E-state index contributed by atoms with van der Waals surface area (Å²) in [6.45, 7) is 0.698. The quantitative estimate of drug-likeness (QED) is 0.853. The van der Waals surface area contributed by atoms with E-state index < -0.39 is 0 Å². The summed E-state index contributed by atoms with van der Waals surface area (Å²) in [6, 6.07) is 8.13. The monoisotopic (exact) mass is 313 g/mol. The Balaban J connectivity index is 1.93. The summed E-state index contributed by atoms with van der Waals surface area (Å²) in [6.07, 6.45) is 2.21. The van der Waals surface area contributed by atoms with E-state index in [0.29, 0.717) is 6.54 Å². The van der Waals surface area contributed by atoms with E-state index in [1.165, 1.54) is 12.0 Å². The van der Waals surface area contributed by atoms with Crippen LogP contribution in [0.5, 0.6) is 0 Å². The van der Waals surface area contributed by atoms with Gasteiger partial charge in [0.05, 0.1) is 5.25 Å². The Bertz CT molecular complexity index is 387. The topological polar surface area (TPSA) is 20.3 Å². The van der Waals surface area contributed by atoms with Crippen molar-refractivity contribution in [2.75, 3.05) is 12.8 Å². The van der Waals surface area contributed by atoms with Crippen molar-refractivity contribution >= 4 is 33.6 Å². The van der Waals surface area contributed by atoms with Crippen LogP contribution in [0.15, 0.2) is 28.7 Å². The largest absolute Gasteiger partial charge is 0.340 e. The van der Waals surface area contributed by atoms with E-state index in [0.717, 1.165) is 16.6 Å². The van der Waals surface area contributed by atoms with Gasteiger partial charge in [0.2, 0.25) is 5.91 Å². The van der Waals surface area contributed by atoms with E-state index in [1.807, 2.05) is 24.1 Å². The number of carbonyl (C=O) groups is 1. The summed E-state index contributed by atoms with van der Waals surface area (Å²) in [5.41, 5.74) is 1.17.